The molecule has 3 aromatic rings. The molecule has 0 bridgehead atoms. The monoisotopic (exact) mass is 605 g/mol. The summed E-state index contributed by atoms with van der Waals surface area (Å²) in [7, 11) is 0. The van der Waals surface area contributed by atoms with Crippen molar-refractivity contribution in [3.8, 4) is 0 Å². The summed E-state index contributed by atoms with van der Waals surface area (Å²) in [6, 6.07) is 17.4. The van der Waals surface area contributed by atoms with Crippen molar-refractivity contribution in [2.45, 2.75) is 57.8 Å². The van der Waals surface area contributed by atoms with E-state index >= 15 is 0 Å². The number of esters is 1. The first-order valence-corrected chi connectivity index (χ1v) is 16.3. The number of nitrogens with one attached hydrogen (secondary N) is 2. The maximum atomic E-state index is 13.5. The summed E-state index contributed by atoms with van der Waals surface area (Å²) in [6.45, 7) is 5.67. The molecule has 4 rings (SSSR count). The summed E-state index contributed by atoms with van der Waals surface area (Å²) in [5.74, 6) is 0.113. The van der Waals surface area contributed by atoms with Gasteiger partial charge in [0.25, 0.3) is 0 Å². The third-order valence-corrected chi connectivity index (χ3v) is 8.16. The van der Waals surface area contributed by atoms with E-state index in [0.717, 1.165) is 40.6 Å². The van der Waals surface area contributed by atoms with Crippen molar-refractivity contribution in [2.24, 2.45) is 0 Å². The van der Waals surface area contributed by atoms with Gasteiger partial charge in [-0.2, -0.15) is 11.8 Å². The molecule has 2 aromatic carbocycles. The van der Waals surface area contributed by atoms with Crippen LogP contribution in [0, 0.1) is 0 Å². The third-order valence-electron chi connectivity index (χ3n) is 7.51. The van der Waals surface area contributed by atoms with E-state index in [4.69, 9.17) is 4.74 Å². The number of hydrogen-bond acceptors (Lipinski definition) is 8. The molecule has 1 aromatic heterocycles. The van der Waals surface area contributed by atoms with Crippen molar-refractivity contribution in [3.05, 3.63) is 72.6 Å². The van der Waals surface area contributed by atoms with Crippen LogP contribution in [0.3, 0.4) is 0 Å². The fourth-order valence-corrected chi connectivity index (χ4v) is 5.97. The highest BCUT2D eigenvalue weighted by molar-refractivity contribution is 7.98. The molecule has 2 heterocycles. The van der Waals surface area contributed by atoms with Crippen molar-refractivity contribution < 1.29 is 19.1 Å². The van der Waals surface area contributed by atoms with Crippen molar-refractivity contribution in [1.29, 1.82) is 0 Å². The molecule has 230 valence electrons. The van der Waals surface area contributed by atoms with Gasteiger partial charge in [0.05, 0.1) is 19.2 Å². The molecule has 2 atom stereocenters. The Kier molecular flexibility index (Phi) is 12.2. The van der Waals surface area contributed by atoms with Gasteiger partial charge >= 0.3 is 5.97 Å². The number of amides is 2. The Morgan fingerprint density at radius 1 is 1.09 bits per heavy atom. The van der Waals surface area contributed by atoms with Crippen molar-refractivity contribution in [2.75, 3.05) is 43.5 Å². The third kappa shape index (κ3) is 9.69. The van der Waals surface area contributed by atoms with E-state index in [-0.39, 0.29) is 37.0 Å². The van der Waals surface area contributed by atoms with Crippen LogP contribution < -0.4 is 10.6 Å². The zero-order chi connectivity index (χ0) is 30.6. The predicted molar refractivity (Wildman–Crippen MR) is 173 cm³/mol. The predicted octanol–water partition coefficient (Wildman–Crippen LogP) is 4.33. The number of aromatic nitrogens is 1. The summed E-state index contributed by atoms with van der Waals surface area (Å²) in [5, 5.41) is 8.41. The van der Waals surface area contributed by atoms with Gasteiger partial charge in [-0.25, -0.2) is 4.79 Å². The van der Waals surface area contributed by atoms with Crippen LogP contribution in [0.25, 0.3) is 10.8 Å². The van der Waals surface area contributed by atoms with Crippen molar-refractivity contribution in [1.82, 2.24) is 20.1 Å². The number of ether oxygens (including phenoxy) is 1. The number of hydrogen-bond donors (Lipinski definition) is 2. The molecule has 0 radical (unpaired) electrons. The quantitative estimate of drug-likeness (QED) is 0.247. The Morgan fingerprint density at radius 3 is 2.63 bits per heavy atom. The molecule has 2 N–H and O–H groups in total. The number of carbonyl (C=O) groups excluding carboxylic acids is 3. The van der Waals surface area contributed by atoms with Gasteiger partial charge in [0.15, 0.2) is 0 Å². The minimum atomic E-state index is -0.703. The zero-order valence-corrected chi connectivity index (χ0v) is 26.1. The van der Waals surface area contributed by atoms with Gasteiger partial charge in [-0.05, 0) is 73.6 Å². The van der Waals surface area contributed by atoms with Crippen LogP contribution >= 0.6 is 11.8 Å². The van der Waals surface area contributed by atoms with Gasteiger partial charge in [-0.3, -0.25) is 19.5 Å². The van der Waals surface area contributed by atoms with Crippen LogP contribution in [0.15, 0.2) is 67.0 Å². The molecule has 1 fully saturated rings. The second-order valence-corrected chi connectivity index (χ2v) is 12.2. The summed E-state index contributed by atoms with van der Waals surface area (Å²) in [5.41, 5.74) is 1.96. The molecule has 9 nitrogen and oxygen atoms in total. The normalized spacial score (nSPS) is 15.6. The van der Waals surface area contributed by atoms with Crippen LogP contribution in [0.5, 0.6) is 0 Å². The first-order valence-electron chi connectivity index (χ1n) is 14.9. The highest BCUT2D eigenvalue weighted by Crippen LogP contribution is 2.23. The molecule has 0 aliphatic carbocycles. The first kappa shape index (κ1) is 32.3. The number of anilines is 1. The SMILES string of the molecule is CSCCC(NC(=O)CN(Cc1cccc2ccccc12)C[C@@H]1CCCN1C(=O)CNc1ccncc1)C(=O)OC(C)C. The Hall–Kier alpha value is -3.63. The Morgan fingerprint density at radius 2 is 1.86 bits per heavy atom. The molecular weight excluding hydrogens is 562 g/mol. The summed E-state index contributed by atoms with van der Waals surface area (Å²) in [6.07, 6.45) is 7.37. The van der Waals surface area contributed by atoms with E-state index < -0.39 is 12.0 Å². The van der Waals surface area contributed by atoms with Gasteiger partial charge < -0.3 is 20.3 Å². The lowest BCUT2D eigenvalue weighted by Gasteiger charge is -2.31. The van der Waals surface area contributed by atoms with Crippen molar-refractivity contribution >= 4 is 46.0 Å². The van der Waals surface area contributed by atoms with Crippen LogP contribution in [0.1, 0.15) is 38.7 Å². The summed E-state index contributed by atoms with van der Waals surface area (Å²) < 4.78 is 5.43. The van der Waals surface area contributed by atoms with E-state index in [1.54, 1.807) is 38.0 Å². The maximum absolute atomic E-state index is 13.5. The highest BCUT2D eigenvalue weighted by atomic mass is 32.2. The summed E-state index contributed by atoms with van der Waals surface area (Å²) in [4.78, 5) is 47.6. The van der Waals surface area contributed by atoms with Crippen LogP contribution in [0.2, 0.25) is 0 Å². The smallest absolute Gasteiger partial charge is 0.328 e. The topological polar surface area (TPSA) is 104 Å². The average molecular weight is 606 g/mol. The van der Waals surface area contributed by atoms with Crippen LogP contribution in [-0.2, 0) is 25.7 Å². The number of thioether (sulfide) groups is 1. The molecular formula is C33H43N5O4S. The minimum absolute atomic E-state index is 0.0206. The lowest BCUT2D eigenvalue weighted by atomic mass is 10.0. The molecule has 1 saturated heterocycles. The molecule has 1 aliphatic rings. The molecule has 0 spiro atoms. The lowest BCUT2D eigenvalue weighted by molar-refractivity contribution is -0.151. The summed E-state index contributed by atoms with van der Waals surface area (Å²) >= 11 is 1.62. The van der Waals surface area contributed by atoms with Gasteiger partial charge in [0.2, 0.25) is 11.8 Å². The van der Waals surface area contributed by atoms with E-state index in [2.05, 4.69) is 44.8 Å². The fraction of sp³-hybridized carbons (Fsp3) is 0.455. The van der Waals surface area contributed by atoms with E-state index in [1.807, 2.05) is 41.5 Å². The van der Waals surface area contributed by atoms with Gasteiger partial charge in [0.1, 0.15) is 6.04 Å². The average Bonchev–Trinajstić information content (AvgIpc) is 3.46. The molecule has 1 unspecified atom stereocenters. The fourth-order valence-electron chi connectivity index (χ4n) is 5.50. The number of nitrogens with zero attached hydrogens (tertiary/aromatic N) is 3. The number of benzene rings is 2. The Labute approximate surface area is 258 Å². The minimum Gasteiger partial charge on any atom is -0.461 e. The maximum Gasteiger partial charge on any atom is 0.328 e. The first-order chi connectivity index (χ1) is 20.8. The number of fused-ring (bicyclic) bond motifs is 1. The van der Waals surface area contributed by atoms with Crippen LogP contribution in [0.4, 0.5) is 5.69 Å². The van der Waals surface area contributed by atoms with Crippen molar-refractivity contribution in [3.63, 3.8) is 0 Å². The number of likely N-dealkylation sites (tertiary alicyclic amines) is 1. The second kappa shape index (κ2) is 16.3. The highest BCUT2D eigenvalue weighted by Gasteiger charge is 2.31. The zero-order valence-electron chi connectivity index (χ0n) is 25.3. The van der Waals surface area contributed by atoms with E-state index in [1.165, 1.54) is 0 Å². The second-order valence-electron chi connectivity index (χ2n) is 11.2. The Balaban J connectivity index is 1.49. The van der Waals surface area contributed by atoms with Crippen LogP contribution in [-0.4, -0.2) is 88.9 Å². The lowest BCUT2D eigenvalue weighted by Crippen LogP contribution is -2.50. The molecule has 2 amide bonds. The molecule has 10 heteroatoms. The number of pyridine rings is 1. The van der Waals surface area contributed by atoms with E-state index in [9.17, 15) is 14.4 Å². The Bertz CT molecular complexity index is 1350. The van der Waals surface area contributed by atoms with Gasteiger partial charge in [-0.15, -0.1) is 0 Å². The van der Waals surface area contributed by atoms with E-state index in [0.29, 0.717) is 26.1 Å². The molecule has 0 saturated carbocycles. The van der Waals surface area contributed by atoms with Gasteiger partial charge in [0, 0.05) is 43.8 Å². The molecule has 43 heavy (non-hydrogen) atoms. The largest absolute Gasteiger partial charge is 0.461 e. The molecule has 1 aliphatic heterocycles. The number of rotatable bonds is 15. The van der Waals surface area contributed by atoms with Gasteiger partial charge in [-0.1, -0.05) is 42.5 Å². The standard InChI is InChI=1S/C33H43N5O4S/c1-24(2)42-33(41)30(15-19-43-3)36-31(39)23-37(21-26-10-6-9-25-8-4-5-12-29(25)26)22-28-11-7-18-38(28)32(40)20-35-27-13-16-34-17-14-27/h4-6,8-10,12-14,16-17,24,28,30H,7,11,15,18-23H2,1-3H3,(H,34,35)(H,36,39)/t28-,30?/m0/s1. The number of carbonyl (C=O) groups is 3.